The smallest absolute Gasteiger partial charge is 0.254 e. The topological polar surface area (TPSA) is 79.7 Å². The first-order valence-electron chi connectivity index (χ1n) is 12.8. The lowest BCUT2D eigenvalue weighted by molar-refractivity contribution is 0.519. The van der Waals surface area contributed by atoms with Crippen molar-refractivity contribution in [3.8, 4) is 0 Å². The normalized spacial score (nSPS) is 15.8. The number of H-pyrrole nitrogens is 1. The van der Waals surface area contributed by atoms with Gasteiger partial charge in [0.05, 0.1) is 0 Å². The van der Waals surface area contributed by atoms with Gasteiger partial charge in [0.1, 0.15) is 6.04 Å². The number of rotatable bonds is 6. The molecule has 1 N–H and O–H groups in total. The zero-order chi connectivity index (χ0) is 25.5. The maximum Gasteiger partial charge on any atom is 0.254 e. The number of aromatic nitrogens is 5. The lowest BCUT2D eigenvalue weighted by Crippen LogP contribution is -2.39. The van der Waals surface area contributed by atoms with E-state index in [4.69, 9.17) is 0 Å². The van der Waals surface area contributed by atoms with E-state index < -0.39 is 6.04 Å². The molecule has 0 saturated carbocycles. The summed E-state index contributed by atoms with van der Waals surface area (Å²) in [6, 6.07) is 24.7. The molecule has 7 heteroatoms. The van der Waals surface area contributed by atoms with Crippen molar-refractivity contribution in [3.63, 3.8) is 0 Å². The molecule has 3 aromatic carbocycles. The number of benzene rings is 3. The van der Waals surface area contributed by atoms with Crippen molar-refractivity contribution >= 4 is 16.6 Å². The highest BCUT2D eigenvalue weighted by atomic mass is 16.1. The van der Waals surface area contributed by atoms with Crippen LogP contribution in [0.1, 0.15) is 46.6 Å². The van der Waals surface area contributed by atoms with Crippen LogP contribution in [0.5, 0.6) is 0 Å². The van der Waals surface area contributed by atoms with Crippen LogP contribution < -0.4 is 10.5 Å². The second-order valence-corrected chi connectivity index (χ2v) is 10.1. The number of aryl methyl sites for hydroxylation is 4. The van der Waals surface area contributed by atoms with Gasteiger partial charge in [-0.15, -0.1) is 5.10 Å². The molecule has 2 aromatic heterocycles. The molecule has 3 heterocycles. The monoisotopic (exact) mass is 490 g/mol. The molecule has 37 heavy (non-hydrogen) atoms. The second-order valence-electron chi connectivity index (χ2n) is 10.1. The molecular formula is C30H30N6O. The number of anilines is 1. The lowest BCUT2D eigenvalue weighted by Gasteiger charge is -2.33. The summed E-state index contributed by atoms with van der Waals surface area (Å²) in [6.07, 6.45) is 1.70. The molecule has 0 saturated heterocycles. The Kier molecular flexibility index (Phi) is 5.83. The summed E-state index contributed by atoms with van der Waals surface area (Å²) >= 11 is 0. The fourth-order valence-electron chi connectivity index (χ4n) is 5.54. The Hall–Kier alpha value is -4.26. The van der Waals surface area contributed by atoms with E-state index in [1.165, 1.54) is 16.7 Å². The summed E-state index contributed by atoms with van der Waals surface area (Å²) < 4.78 is 1.86. The van der Waals surface area contributed by atoms with Gasteiger partial charge in [0.25, 0.3) is 5.56 Å². The summed E-state index contributed by atoms with van der Waals surface area (Å²) in [6.45, 7) is 6.98. The molecule has 0 bridgehead atoms. The fourth-order valence-corrected chi connectivity index (χ4v) is 5.54. The van der Waals surface area contributed by atoms with Gasteiger partial charge in [-0.05, 0) is 95.9 Å². The first-order valence-corrected chi connectivity index (χ1v) is 12.8. The number of hydrogen-bond acceptors (Lipinski definition) is 5. The van der Waals surface area contributed by atoms with E-state index in [1.807, 2.05) is 35.0 Å². The molecule has 2 atom stereocenters. The summed E-state index contributed by atoms with van der Waals surface area (Å²) in [5.74, 6) is 0.674. The van der Waals surface area contributed by atoms with Crippen LogP contribution in [0, 0.1) is 13.8 Å². The maximum absolute atomic E-state index is 13.7. The molecule has 0 radical (unpaired) electrons. The van der Waals surface area contributed by atoms with Crippen molar-refractivity contribution in [2.24, 2.45) is 0 Å². The number of tetrazole rings is 1. The van der Waals surface area contributed by atoms with Crippen molar-refractivity contribution in [2.45, 2.75) is 52.2 Å². The van der Waals surface area contributed by atoms with Crippen LogP contribution in [0.3, 0.4) is 0 Å². The van der Waals surface area contributed by atoms with Gasteiger partial charge in [-0.3, -0.25) is 4.79 Å². The molecule has 0 aliphatic carbocycles. The summed E-state index contributed by atoms with van der Waals surface area (Å²) in [5, 5.41) is 14.0. The molecule has 0 unspecified atom stereocenters. The van der Waals surface area contributed by atoms with Crippen LogP contribution in [-0.2, 0) is 19.4 Å². The average molecular weight is 491 g/mol. The highest BCUT2D eigenvalue weighted by Crippen LogP contribution is 2.40. The molecule has 0 spiro atoms. The Morgan fingerprint density at radius 2 is 1.76 bits per heavy atom. The number of nitrogens with zero attached hydrogens (tertiary/aromatic N) is 5. The van der Waals surface area contributed by atoms with E-state index in [2.05, 4.69) is 88.6 Å². The SMILES string of the molecule is Cc1cc2cc([C@@H](c3nnnn3CCc3ccccc3)N3c4ccccc4C[C@@H]3C)c(=O)[nH]c2cc1C. The third kappa shape index (κ3) is 4.20. The molecule has 6 rings (SSSR count). The van der Waals surface area contributed by atoms with Gasteiger partial charge in [-0.1, -0.05) is 48.5 Å². The van der Waals surface area contributed by atoms with Gasteiger partial charge in [-0.2, -0.15) is 0 Å². The minimum atomic E-state index is -0.431. The van der Waals surface area contributed by atoms with Crippen LogP contribution in [0.25, 0.3) is 10.9 Å². The van der Waals surface area contributed by atoms with E-state index in [9.17, 15) is 4.79 Å². The number of aromatic amines is 1. The predicted octanol–water partition coefficient (Wildman–Crippen LogP) is 4.91. The predicted molar refractivity (Wildman–Crippen MR) is 146 cm³/mol. The minimum Gasteiger partial charge on any atom is -0.354 e. The molecule has 1 aliphatic rings. The number of hydrogen-bond donors (Lipinski definition) is 1. The van der Waals surface area contributed by atoms with Crippen molar-refractivity contribution in [3.05, 3.63) is 117 Å². The number of pyridine rings is 1. The molecule has 0 amide bonds. The Bertz CT molecular complexity index is 1640. The first kappa shape index (κ1) is 23.2. The molecule has 1 aliphatic heterocycles. The fraction of sp³-hybridized carbons (Fsp3) is 0.267. The van der Waals surface area contributed by atoms with E-state index in [0.717, 1.165) is 35.0 Å². The van der Waals surface area contributed by atoms with Gasteiger partial charge in [0.15, 0.2) is 5.82 Å². The van der Waals surface area contributed by atoms with Crippen molar-refractivity contribution in [2.75, 3.05) is 4.90 Å². The molecule has 5 aromatic rings. The molecule has 7 nitrogen and oxygen atoms in total. The van der Waals surface area contributed by atoms with Crippen molar-refractivity contribution < 1.29 is 0 Å². The van der Waals surface area contributed by atoms with Crippen LogP contribution in [0.4, 0.5) is 5.69 Å². The van der Waals surface area contributed by atoms with E-state index >= 15 is 0 Å². The Morgan fingerprint density at radius 3 is 2.59 bits per heavy atom. The van der Waals surface area contributed by atoms with Crippen molar-refractivity contribution in [1.29, 1.82) is 0 Å². The van der Waals surface area contributed by atoms with E-state index in [0.29, 0.717) is 17.9 Å². The van der Waals surface area contributed by atoms with Crippen LogP contribution in [-0.4, -0.2) is 31.2 Å². The Balaban J connectivity index is 1.51. The average Bonchev–Trinajstić information content (AvgIpc) is 3.49. The van der Waals surface area contributed by atoms with Gasteiger partial charge < -0.3 is 9.88 Å². The second kappa shape index (κ2) is 9.32. The van der Waals surface area contributed by atoms with Gasteiger partial charge in [0.2, 0.25) is 0 Å². The quantitative estimate of drug-likeness (QED) is 0.366. The Labute approximate surface area is 215 Å². The number of para-hydroxylation sites is 1. The van der Waals surface area contributed by atoms with Crippen LogP contribution >= 0.6 is 0 Å². The zero-order valence-electron chi connectivity index (χ0n) is 21.3. The largest absolute Gasteiger partial charge is 0.354 e. The summed E-state index contributed by atoms with van der Waals surface area (Å²) in [5.41, 5.74) is 7.33. The van der Waals surface area contributed by atoms with E-state index in [-0.39, 0.29) is 11.6 Å². The first-order chi connectivity index (χ1) is 18.0. The van der Waals surface area contributed by atoms with Gasteiger partial charge in [0, 0.05) is 29.4 Å². The van der Waals surface area contributed by atoms with Crippen LogP contribution in [0.2, 0.25) is 0 Å². The maximum atomic E-state index is 13.7. The summed E-state index contributed by atoms with van der Waals surface area (Å²) in [4.78, 5) is 19.1. The van der Waals surface area contributed by atoms with Gasteiger partial charge in [-0.25, -0.2) is 4.68 Å². The molecule has 0 fully saturated rings. The molecule has 186 valence electrons. The third-order valence-electron chi connectivity index (χ3n) is 7.58. The summed E-state index contributed by atoms with van der Waals surface area (Å²) in [7, 11) is 0. The molecular weight excluding hydrogens is 460 g/mol. The van der Waals surface area contributed by atoms with E-state index in [1.54, 1.807) is 0 Å². The standard InChI is InChI=1S/C30H30N6O/c1-19-15-24-18-25(30(37)31-26(24)16-20(19)2)28(36-21(3)17-23-11-7-8-12-27(23)36)29-32-33-34-35(29)14-13-22-9-5-4-6-10-22/h4-12,15-16,18,21,28H,13-14,17H2,1-3H3,(H,31,37)/t21-,28-/m0/s1. The Morgan fingerprint density at radius 1 is 1.00 bits per heavy atom. The third-order valence-corrected chi connectivity index (χ3v) is 7.58. The zero-order valence-corrected chi connectivity index (χ0v) is 21.3. The highest BCUT2D eigenvalue weighted by molar-refractivity contribution is 5.81. The van der Waals surface area contributed by atoms with Crippen LogP contribution in [0.15, 0.2) is 77.6 Å². The number of nitrogens with one attached hydrogen (secondary N) is 1. The van der Waals surface area contributed by atoms with Crippen molar-refractivity contribution in [1.82, 2.24) is 25.2 Å². The number of fused-ring (bicyclic) bond motifs is 2. The highest BCUT2D eigenvalue weighted by Gasteiger charge is 2.37. The minimum absolute atomic E-state index is 0.116. The lowest BCUT2D eigenvalue weighted by atomic mass is 10.00. The van der Waals surface area contributed by atoms with Gasteiger partial charge >= 0.3 is 0 Å².